The smallest absolute Gasteiger partial charge is 0.306 e. The van der Waals surface area contributed by atoms with Gasteiger partial charge in [-0.25, -0.2) is 0 Å². The summed E-state index contributed by atoms with van der Waals surface area (Å²) in [6, 6.07) is 39.7. The molecular formula is C65H70O13. The third-order valence-corrected chi connectivity index (χ3v) is 15.0. The van der Waals surface area contributed by atoms with Crippen LogP contribution in [0.5, 0.6) is 23.0 Å². The normalized spacial score (nSPS) is 17.4. The SMILES string of the molecule is COCCOC(=O)CCC(=O)OC(C)COC(=O)CCC(=O)OCCOc1ccc(C2(c3ccc(OC)cc3)C=Cc3c4c(c5cc(-c6ccccc6)c(OC)cc5c3O2)-c2ccccc2C42CC(C)(C)CC(C)(C)C2)cc1. The summed E-state index contributed by atoms with van der Waals surface area (Å²) < 4.78 is 51.3. The summed E-state index contributed by atoms with van der Waals surface area (Å²) in [5.41, 5.74) is 8.83. The molecule has 0 saturated heterocycles. The number of esters is 4. The van der Waals surface area contributed by atoms with E-state index in [9.17, 15) is 19.2 Å². The maximum absolute atomic E-state index is 12.6. The first-order chi connectivity index (χ1) is 37.5. The number of ether oxygens (including phenoxy) is 9. The highest BCUT2D eigenvalue weighted by Gasteiger charge is 2.55. The average molecular weight is 1060 g/mol. The van der Waals surface area contributed by atoms with Gasteiger partial charge >= 0.3 is 23.9 Å². The molecular weight excluding hydrogens is 989 g/mol. The van der Waals surface area contributed by atoms with E-state index in [1.807, 2.05) is 54.6 Å². The second-order valence-electron chi connectivity index (χ2n) is 22.1. The summed E-state index contributed by atoms with van der Waals surface area (Å²) in [7, 11) is 4.87. The summed E-state index contributed by atoms with van der Waals surface area (Å²) in [5, 5.41) is 2.06. The van der Waals surface area contributed by atoms with Gasteiger partial charge in [-0.15, -0.1) is 0 Å². The summed E-state index contributed by atoms with van der Waals surface area (Å²) in [6.45, 7) is 11.4. The topological polar surface area (TPSA) is 151 Å². The summed E-state index contributed by atoms with van der Waals surface area (Å²) in [5.74, 6) is 0.387. The van der Waals surface area contributed by atoms with Crippen molar-refractivity contribution >= 4 is 40.7 Å². The Bertz CT molecular complexity index is 3180. The number of rotatable bonds is 21. The van der Waals surface area contributed by atoms with Gasteiger partial charge in [0, 0.05) is 40.2 Å². The maximum Gasteiger partial charge on any atom is 0.306 e. The Labute approximate surface area is 457 Å². The van der Waals surface area contributed by atoms with Crippen LogP contribution in [0.3, 0.4) is 0 Å². The fraction of sp³-hybridized carbons (Fsp3) is 0.385. The van der Waals surface area contributed by atoms with Crippen molar-refractivity contribution < 1.29 is 61.8 Å². The van der Waals surface area contributed by atoms with Crippen molar-refractivity contribution in [3.05, 3.63) is 149 Å². The first-order valence-electron chi connectivity index (χ1n) is 26.8. The molecule has 3 aliphatic rings. The van der Waals surface area contributed by atoms with E-state index in [4.69, 9.17) is 42.6 Å². The van der Waals surface area contributed by atoms with Crippen LogP contribution in [0.2, 0.25) is 0 Å². The Kier molecular flexibility index (Phi) is 16.4. The van der Waals surface area contributed by atoms with Crippen LogP contribution >= 0.6 is 0 Å². The lowest BCUT2D eigenvalue weighted by atomic mass is 9.52. The number of carbonyl (C=O) groups excluding carboxylic acids is 4. The predicted octanol–water partition coefficient (Wildman–Crippen LogP) is 12.5. The largest absolute Gasteiger partial charge is 0.497 e. The van der Waals surface area contributed by atoms with Crippen LogP contribution in [-0.4, -0.2) is 84.3 Å². The maximum atomic E-state index is 12.6. The second kappa shape index (κ2) is 23.1. The van der Waals surface area contributed by atoms with Gasteiger partial charge in [0.25, 0.3) is 0 Å². The highest BCUT2D eigenvalue weighted by molar-refractivity contribution is 6.10. The summed E-state index contributed by atoms with van der Waals surface area (Å²) in [6.07, 6.45) is 6.08. The van der Waals surface area contributed by atoms with E-state index in [2.05, 4.69) is 101 Å². The van der Waals surface area contributed by atoms with E-state index < -0.39 is 35.6 Å². The number of hydrogen-bond acceptors (Lipinski definition) is 13. The van der Waals surface area contributed by atoms with Crippen molar-refractivity contribution in [3.63, 3.8) is 0 Å². The molecule has 9 rings (SSSR count). The lowest BCUT2D eigenvalue weighted by molar-refractivity contribution is -0.160. The van der Waals surface area contributed by atoms with Gasteiger partial charge in [-0.1, -0.05) is 113 Å². The van der Waals surface area contributed by atoms with Gasteiger partial charge in [0.15, 0.2) is 5.60 Å². The van der Waals surface area contributed by atoms with Crippen LogP contribution in [0.25, 0.3) is 39.1 Å². The molecule has 13 heteroatoms. The molecule has 2 atom stereocenters. The molecule has 408 valence electrons. The molecule has 1 spiro atoms. The van der Waals surface area contributed by atoms with E-state index in [0.29, 0.717) is 5.75 Å². The van der Waals surface area contributed by atoms with Gasteiger partial charge in [0.2, 0.25) is 0 Å². The van der Waals surface area contributed by atoms with Gasteiger partial charge in [0.05, 0.1) is 46.5 Å². The first-order valence-corrected chi connectivity index (χ1v) is 26.8. The number of hydrogen-bond donors (Lipinski definition) is 0. The fourth-order valence-corrected chi connectivity index (χ4v) is 12.5. The standard InChI is InChI=1S/C65H70O13/c1-42(77-58(69)29-28-56(67)74-33-32-70-6)38-76-57(68)27-26-55(66)75-35-34-73-47-24-20-45(21-25-47)65(44-18-22-46(71-7)23-19-44)31-30-49-60-59(48-16-12-13-17-53(48)64(60)40-62(2,3)39-63(4,5)41-64)51-36-50(43-14-10-9-11-15-43)54(72-8)37-52(51)61(49)78-65/h9-25,30-31,36-37,42H,26-29,32-35,38-41H2,1-8H3. The zero-order chi connectivity index (χ0) is 55.2. The average Bonchev–Trinajstić information content (AvgIpc) is 3.71. The van der Waals surface area contributed by atoms with Crippen molar-refractivity contribution in [2.75, 3.05) is 54.4 Å². The fourth-order valence-electron chi connectivity index (χ4n) is 12.5. The molecule has 1 fully saturated rings. The predicted molar refractivity (Wildman–Crippen MR) is 298 cm³/mol. The van der Waals surface area contributed by atoms with Crippen LogP contribution in [0.4, 0.5) is 0 Å². The zero-order valence-electron chi connectivity index (χ0n) is 46.0. The third kappa shape index (κ3) is 11.6. The monoisotopic (exact) mass is 1060 g/mol. The van der Waals surface area contributed by atoms with Crippen LogP contribution in [0.1, 0.15) is 107 Å². The molecule has 0 amide bonds. The van der Waals surface area contributed by atoms with Crippen LogP contribution in [0.15, 0.2) is 121 Å². The zero-order valence-corrected chi connectivity index (χ0v) is 46.0. The van der Waals surface area contributed by atoms with Crippen molar-refractivity contribution in [1.82, 2.24) is 0 Å². The molecule has 0 bridgehead atoms. The van der Waals surface area contributed by atoms with Crippen molar-refractivity contribution in [1.29, 1.82) is 0 Å². The highest BCUT2D eigenvalue weighted by atomic mass is 16.6. The quantitative estimate of drug-likeness (QED) is 0.0382. The van der Waals surface area contributed by atoms with E-state index in [1.165, 1.54) is 29.4 Å². The molecule has 2 aliphatic carbocycles. The van der Waals surface area contributed by atoms with Gasteiger partial charge in [-0.05, 0) is 113 Å². The van der Waals surface area contributed by atoms with Gasteiger partial charge in [-0.2, -0.15) is 0 Å². The molecule has 1 saturated carbocycles. The lowest BCUT2D eigenvalue weighted by Gasteiger charge is -2.52. The number of benzene rings is 6. The highest BCUT2D eigenvalue weighted by Crippen LogP contribution is 2.67. The van der Waals surface area contributed by atoms with E-state index in [-0.39, 0.29) is 75.0 Å². The molecule has 0 radical (unpaired) electrons. The van der Waals surface area contributed by atoms with Crippen LogP contribution in [-0.2, 0) is 53.9 Å². The minimum atomic E-state index is -1.10. The van der Waals surface area contributed by atoms with Crippen LogP contribution in [0, 0.1) is 10.8 Å². The number of fused-ring (bicyclic) bond motifs is 10. The third-order valence-electron chi connectivity index (χ3n) is 15.0. The number of methoxy groups -OCH3 is 3. The van der Waals surface area contributed by atoms with E-state index >= 15 is 0 Å². The summed E-state index contributed by atoms with van der Waals surface area (Å²) >= 11 is 0. The Balaban J connectivity index is 0.952. The molecule has 0 aromatic heterocycles. The molecule has 1 heterocycles. The van der Waals surface area contributed by atoms with E-state index in [1.54, 1.807) is 21.1 Å². The minimum absolute atomic E-state index is 0.0481. The molecule has 78 heavy (non-hydrogen) atoms. The molecule has 6 aromatic rings. The van der Waals surface area contributed by atoms with E-state index in [0.717, 1.165) is 75.1 Å². The Hall–Kier alpha value is -7.64. The van der Waals surface area contributed by atoms with Crippen molar-refractivity contribution in [2.24, 2.45) is 10.8 Å². The second-order valence-corrected chi connectivity index (χ2v) is 22.1. The Morgan fingerprint density at radius 2 is 1.18 bits per heavy atom. The van der Waals surface area contributed by atoms with Crippen molar-refractivity contribution in [2.45, 2.75) is 96.7 Å². The molecule has 6 aromatic carbocycles. The Morgan fingerprint density at radius 1 is 0.590 bits per heavy atom. The molecule has 13 nitrogen and oxygen atoms in total. The molecule has 0 N–H and O–H groups in total. The van der Waals surface area contributed by atoms with Gasteiger partial charge in [0.1, 0.15) is 55.5 Å². The summed E-state index contributed by atoms with van der Waals surface area (Å²) in [4.78, 5) is 48.8. The minimum Gasteiger partial charge on any atom is -0.497 e. The lowest BCUT2D eigenvalue weighted by Crippen LogP contribution is -2.44. The first kappa shape index (κ1) is 55.1. The van der Waals surface area contributed by atoms with Crippen LogP contribution < -0.4 is 18.9 Å². The van der Waals surface area contributed by atoms with Crippen molar-refractivity contribution in [3.8, 4) is 45.3 Å². The molecule has 1 aliphatic heterocycles. The van der Waals surface area contributed by atoms with Gasteiger partial charge < -0.3 is 42.6 Å². The molecule has 2 unspecified atom stereocenters. The number of carbonyl (C=O) groups is 4. The Morgan fingerprint density at radius 3 is 1.81 bits per heavy atom. The van der Waals surface area contributed by atoms with Gasteiger partial charge in [-0.3, -0.25) is 19.2 Å².